The van der Waals surface area contributed by atoms with Crippen LogP contribution in [0.3, 0.4) is 0 Å². The lowest BCUT2D eigenvalue weighted by molar-refractivity contribution is -0.136. The van der Waals surface area contributed by atoms with Crippen LogP contribution in [0, 0.1) is 0 Å². The van der Waals surface area contributed by atoms with E-state index in [1.807, 2.05) is 42.5 Å². The summed E-state index contributed by atoms with van der Waals surface area (Å²) in [6, 6.07) is 23.2. The third-order valence-corrected chi connectivity index (χ3v) is 4.48. The van der Waals surface area contributed by atoms with Gasteiger partial charge in [0.1, 0.15) is 11.5 Å². The minimum atomic E-state index is -0.860. The summed E-state index contributed by atoms with van der Waals surface area (Å²) in [5.41, 5.74) is 2.95. The van der Waals surface area contributed by atoms with Crippen LogP contribution < -0.4 is 10.1 Å². The molecule has 5 heteroatoms. The Balaban J connectivity index is 1.71. The fourth-order valence-corrected chi connectivity index (χ4v) is 3.15. The first kappa shape index (κ1) is 19.1. The molecule has 0 saturated carbocycles. The highest BCUT2D eigenvalue weighted by atomic mass is 79.9. The van der Waals surface area contributed by atoms with Gasteiger partial charge in [0, 0.05) is 23.1 Å². The standard InChI is InChI=1S/C22H20BrNO3/c23-19-9-10-21(27-20-8-4-7-17(11-20)12-22(25)26)18(13-19)15-24-14-16-5-2-1-3-6-16/h1-11,13,24H,12,14-15H2,(H,25,26). The van der Waals surface area contributed by atoms with Gasteiger partial charge in [0.05, 0.1) is 6.42 Å². The van der Waals surface area contributed by atoms with Crippen molar-refractivity contribution in [1.82, 2.24) is 5.32 Å². The first-order valence-electron chi connectivity index (χ1n) is 8.62. The van der Waals surface area contributed by atoms with Crippen molar-refractivity contribution >= 4 is 21.9 Å². The molecule has 0 aliphatic carbocycles. The molecule has 3 rings (SSSR count). The second kappa shape index (κ2) is 9.35. The predicted octanol–water partition coefficient (Wildman–Crippen LogP) is 5.16. The number of carboxylic acids is 1. The second-order valence-corrected chi connectivity index (χ2v) is 7.08. The minimum Gasteiger partial charge on any atom is -0.481 e. The quantitative estimate of drug-likeness (QED) is 0.523. The zero-order chi connectivity index (χ0) is 19.1. The molecule has 4 nitrogen and oxygen atoms in total. The lowest BCUT2D eigenvalue weighted by Gasteiger charge is -2.13. The van der Waals surface area contributed by atoms with E-state index in [-0.39, 0.29) is 6.42 Å². The SMILES string of the molecule is O=C(O)Cc1cccc(Oc2ccc(Br)cc2CNCc2ccccc2)c1. The van der Waals surface area contributed by atoms with E-state index in [0.29, 0.717) is 17.9 Å². The van der Waals surface area contributed by atoms with Gasteiger partial charge in [-0.15, -0.1) is 0 Å². The first-order valence-corrected chi connectivity index (χ1v) is 9.41. The van der Waals surface area contributed by atoms with Gasteiger partial charge in [0.15, 0.2) is 0 Å². The van der Waals surface area contributed by atoms with Gasteiger partial charge in [0.2, 0.25) is 0 Å². The highest BCUT2D eigenvalue weighted by molar-refractivity contribution is 9.10. The molecule has 0 fully saturated rings. The van der Waals surface area contributed by atoms with Crippen LogP contribution in [-0.4, -0.2) is 11.1 Å². The van der Waals surface area contributed by atoms with Crippen molar-refractivity contribution in [2.24, 2.45) is 0 Å². The first-order chi connectivity index (χ1) is 13.1. The lowest BCUT2D eigenvalue weighted by atomic mass is 10.1. The Morgan fingerprint density at radius 1 is 0.926 bits per heavy atom. The Labute approximate surface area is 166 Å². The van der Waals surface area contributed by atoms with Gasteiger partial charge in [-0.1, -0.05) is 58.4 Å². The van der Waals surface area contributed by atoms with E-state index in [0.717, 1.165) is 22.3 Å². The summed E-state index contributed by atoms with van der Waals surface area (Å²) in [4.78, 5) is 10.9. The van der Waals surface area contributed by atoms with Gasteiger partial charge in [-0.25, -0.2) is 0 Å². The van der Waals surface area contributed by atoms with Gasteiger partial charge in [-0.2, -0.15) is 0 Å². The molecule has 0 bridgehead atoms. The van der Waals surface area contributed by atoms with Crippen LogP contribution in [0.5, 0.6) is 11.5 Å². The van der Waals surface area contributed by atoms with E-state index in [1.54, 1.807) is 18.2 Å². The van der Waals surface area contributed by atoms with Gasteiger partial charge >= 0.3 is 5.97 Å². The Kier molecular flexibility index (Phi) is 6.63. The molecule has 3 aromatic carbocycles. The number of halogens is 1. The molecule has 138 valence electrons. The molecular formula is C22H20BrNO3. The lowest BCUT2D eigenvalue weighted by Crippen LogP contribution is -2.13. The number of rotatable bonds is 8. The smallest absolute Gasteiger partial charge is 0.307 e. The van der Waals surface area contributed by atoms with Crippen LogP contribution in [0.2, 0.25) is 0 Å². The minimum absolute atomic E-state index is 0.0248. The molecule has 0 atom stereocenters. The third-order valence-electron chi connectivity index (χ3n) is 3.99. The summed E-state index contributed by atoms with van der Waals surface area (Å²) < 4.78 is 7.01. The van der Waals surface area contributed by atoms with Gasteiger partial charge in [-0.3, -0.25) is 4.79 Å². The maximum atomic E-state index is 10.9. The van der Waals surface area contributed by atoms with Crippen LogP contribution >= 0.6 is 15.9 Å². The van der Waals surface area contributed by atoms with Crippen molar-refractivity contribution < 1.29 is 14.6 Å². The molecule has 0 aliphatic rings. The van der Waals surface area contributed by atoms with E-state index in [4.69, 9.17) is 9.84 Å². The number of carbonyl (C=O) groups is 1. The zero-order valence-corrected chi connectivity index (χ0v) is 16.3. The van der Waals surface area contributed by atoms with Crippen molar-refractivity contribution in [1.29, 1.82) is 0 Å². The van der Waals surface area contributed by atoms with Crippen molar-refractivity contribution in [3.8, 4) is 11.5 Å². The maximum absolute atomic E-state index is 10.9. The van der Waals surface area contributed by atoms with Crippen LogP contribution in [0.1, 0.15) is 16.7 Å². The van der Waals surface area contributed by atoms with Gasteiger partial charge in [0.25, 0.3) is 0 Å². The number of nitrogens with one attached hydrogen (secondary N) is 1. The molecule has 0 saturated heterocycles. The summed E-state index contributed by atoms with van der Waals surface area (Å²) in [5, 5.41) is 12.4. The summed E-state index contributed by atoms with van der Waals surface area (Å²) in [7, 11) is 0. The van der Waals surface area contributed by atoms with Crippen molar-refractivity contribution in [2.75, 3.05) is 0 Å². The van der Waals surface area contributed by atoms with E-state index >= 15 is 0 Å². The molecule has 0 radical (unpaired) electrons. The number of benzene rings is 3. The van der Waals surface area contributed by atoms with Crippen molar-refractivity contribution in [2.45, 2.75) is 19.5 Å². The summed E-state index contributed by atoms with van der Waals surface area (Å²) in [6.45, 7) is 1.42. The topological polar surface area (TPSA) is 58.6 Å². The fourth-order valence-electron chi connectivity index (χ4n) is 2.74. The summed E-state index contributed by atoms with van der Waals surface area (Å²) >= 11 is 3.51. The summed E-state index contributed by atoms with van der Waals surface area (Å²) in [5.74, 6) is 0.508. The molecule has 0 aromatic heterocycles. The predicted molar refractivity (Wildman–Crippen MR) is 109 cm³/mol. The Morgan fingerprint density at radius 3 is 2.48 bits per heavy atom. The second-order valence-electron chi connectivity index (χ2n) is 6.16. The highest BCUT2D eigenvalue weighted by Crippen LogP contribution is 2.28. The van der Waals surface area contributed by atoms with E-state index in [1.165, 1.54) is 5.56 Å². The molecular weight excluding hydrogens is 406 g/mol. The number of hydrogen-bond donors (Lipinski definition) is 2. The molecule has 0 amide bonds. The van der Waals surface area contributed by atoms with Crippen LogP contribution in [-0.2, 0) is 24.3 Å². The molecule has 3 aromatic rings. The van der Waals surface area contributed by atoms with Crippen LogP contribution in [0.25, 0.3) is 0 Å². The van der Waals surface area contributed by atoms with Gasteiger partial charge in [-0.05, 0) is 41.5 Å². The highest BCUT2D eigenvalue weighted by Gasteiger charge is 2.08. The molecule has 27 heavy (non-hydrogen) atoms. The molecule has 0 unspecified atom stereocenters. The van der Waals surface area contributed by atoms with E-state index < -0.39 is 5.97 Å². The Hall–Kier alpha value is -2.63. The van der Waals surface area contributed by atoms with Crippen molar-refractivity contribution in [3.63, 3.8) is 0 Å². The normalized spacial score (nSPS) is 10.6. The number of carboxylic acid groups (broad SMARTS) is 1. The van der Waals surface area contributed by atoms with E-state index in [9.17, 15) is 4.79 Å². The molecule has 2 N–H and O–H groups in total. The fraction of sp³-hybridized carbons (Fsp3) is 0.136. The average molecular weight is 426 g/mol. The van der Waals surface area contributed by atoms with Crippen LogP contribution in [0.15, 0.2) is 77.3 Å². The van der Waals surface area contributed by atoms with Crippen LogP contribution in [0.4, 0.5) is 0 Å². The molecule has 0 aliphatic heterocycles. The number of aliphatic carboxylic acids is 1. The number of hydrogen-bond acceptors (Lipinski definition) is 3. The average Bonchev–Trinajstić information content (AvgIpc) is 2.64. The monoisotopic (exact) mass is 425 g/mol. The maximum Gasteiger partial charge on any atom is 0.307 e. The van der Waals surface area contributed by atoms with Crippen molar-refractivity contribution in [3.05, 3.63) is 94.0 Å². The Bertz CT molecular complexity index is 912. The van der Waals surface area contributed by atoms with E-state index in [2.05, 4.69) is 33.4 Å². The summed E-state index contributed by atoms with van der Waals surface area (Å²) in [6.07, 6.45) is -0.0248. The third kappa shape index (κ3) is 5.94. The Morgan fingerprint density at radius 2 is 1.70 bits per heavy atom. The zero-order valence-electron chi connectivity index (χ0n) is 14.7. The molecule has 0 heterocycles. The molecule has 0 spiro atoms. The van der Waals surface area contributed by atoms with Gasteiger partial charge < -0.3 is 15.2 Å². The largest absolute Gasteiger partial charge is 0.481 e. The number of ether oxygens (including phenoxy) is 1.